The van der Waals surface area contributed by atoms with Gasteiger partial charge in [0.15, 0.2) is 6.10 Å². The summed E-state index contributed by atoms with van der Waals surface area (Å²) >= 11 is 0. The number of aryl methyl sites for hydroxylation is 1. The van der Waals surface area contributed by atoms with Gasteiger partial charge < -0.3 is 15.4 Å². The van der Waals surface area contributed by atoms with Gasteiger partial charge in [0, 0.05) is 11.3 Å². The molecule has 5 heteroatoms. The number of hydrogen-bond donors (Lipinski definition) is 2. The van der Waals surface area contributed by atoms with Crippen LogP contribution in [0.25, 0.3) is 0 Å². The summed E-state index contributed by atoms with van der Waals surface area (Å²) in [4.78, 5) is 23.9. The van der Waals surface area contributed by atoms with Crippen LogP contribution in [0, 0.1) is 6.92 Å². The molecule has 22 heavy (non-hydrogen) atoms. The van der Waals surface area contributed by atoms with E-state index in [1.807, 2.05) is 25.1 Å². The highest BCUT2D eigenvalue weighted by atomic mass is 16.5. The first kappa shape index (κ1) is 14.1. The van der Waals surface area contributed by atoms with E-state index >= 15 is 0 Å². The van der Waals surface area contributed by atoms with Gasteiger partial charge in [0.2, 0.25) is 0 Å². The molecule has 0 radical (unpaired) electrons. The number of fused-ring (bicyclic) bond motifs is 1. The second-order valence-corrected chi connectivity index (χ2v) is 5.23. The Kier molecular flexibility index (Phi) is 3.55. The topological polar surface area (TPSA) is 67.4 Å². The number of rotatable bonds is 2. The van der Waals surface area contributed by atoms with Gasteiger partial charge in [0.1, 0.15) is 5.75 Å². The molecule has 1 heterocycles. The first-order valence-corrected chi connectivity index (χ1v) is 7.03. The van der Waals surface area contributed by atoms with Crippen LogP contribution in [0.3, 0.4) is 0 Å². The number of amides is 2. The molecule has 2 N–H and O–H groups in total. The van der Waals surface area contributed by atoms with Crippen LogP contribution in [0.4, 0.5) is 11.4 Å². The summed E-state index contributed by atoms with van der Waals surface area (Å²) in [6.45, 7) is 3.57. The summed E-state index contributed by atoms with van der Waals surface area (Å²) < 4.78 is 5.48. The Morgan fingerprint density at radius 2 is 2.00 bits per heavy atom. The van der Waals surface area contributed by atoms with Gasteiger partial charge in [-0.3, -0.25) is 9.59 Å². The first-order chi connectivity index (χ1) is 10.5. The average molecular weight is 296 g/mol. The maximum absolute atomic E-state index is 12.3. The van der Waals surface area contributed by atoms with E-state index in [0.29, 0.717) is 22.7 Å². The number of carbonyl (C=O) groups is 2. The van der Waals surface area contributed by atoms with Crippen molar-refractivity contribution in [3.63, 3.8) is 0 Å². The Bertz CT molecular complexity index is 755. The molecule has 0 saturated heterocycles. The fourth-order valence-corrected chi connectivity index (χ4v) is 2.31. The fourth-order valence-electron chi connectivity index (χ4n) is 2.31. The van der Waals surface area contributed by atoms with E-state index in [0.717, 1.165) is 5.56 Å². The maximum Gasteiger partial charge on any atom is 0.265 e. The largest absolute Gasteiger partial charge is 0.479 e. The lowest BCUT2D eigenvalue weighted by Gasteiger charge is -2.23. The van der Waals surface area contributed by atoms with E-state index in [1.165, 1.54) is 0 Å². The third kappa shape index (κ3) is 2.65. The predicted molar refractivity (Wildman–Crippen MR) is 84.3 cm³/mol. The van der Waals surface area contributed by atoms with Crippen molar-refractivity contribution >= 4 is 23.2 Å². The second-order valence-electron chi connectivity index (χ2n) is 5.23. The molecule has 1 atom stereocenters. The number of ether oxygens (including phenoxy) is 1. The lowest BCUT2D eigenvalue weighted by molar-refractivity contribution is -0.122. The SMILES string of the molecule is Cc1ccccc1C(=O)Nc1ccc2c(c1)NC(=O)[C@@H](C)O2. The van der Waals surface area contributed by atoms with E-state index in [4.69, 9.17) is 4.74 Å². The van der Waals surface area contributed by atoms with Crippen molar-refractivity contribution in [3.8, 4) is 5.75 Å². The minimum absolute atomic E-state index is 0.186. The molecule has 3 rings (SSSR count). The molecular weight excluding hydrogens is 280 g/mol. The van der Waals surface area contributed by atoms with E-state index in [2.05, 4.69) is 10.6 Å². The van der Waals surface area contributed by atoms with Crippen molar-refractivity contribution in [3.05, 3.63) is 53.6 Å². The van der Waals surface area contributed by atoms with Crippen molar-refractivity contribution in [1.29, 1.82) is 0 Å². The van der Waals surface area contributed by atoms with Crippen LogP contribution < -0.4 is 15.4 Å². The molecule has 0 unspecified atom stereocenters. The molecule has 2 aromatic carbocycles. The lowest BCUT2D eigenvalue weighted by Crippen LogP contribution is -2.34. The summed E-state index contributed by atoms with van der Waals surface area (Å²) in [7, 11) is 0. The van der Waals surface area contributed by atoms with Gasteiger partial charge in [0.05, 0.1) is 5.69 Å². The van der Waals surface area contributed by atoms with E-state index in [1.54, 1.807) is 31.2 Å². The number of benzene rings is 2. The highest BCUT2D eigenvalue weighted by molar-refractivity contribution is 6.06. The Hall–Kier alpha value is -2.82. The number of carbonyl (C=O) groups excluding carboxylic acids is 2. The minimum Gasteiger partial charge on any atom is -0.479 e. The molecule has 0 bridgehead atoms. The quantitative estimate of drug-likeness (QED) is 0.895. The molecule has 0 aliphatic carbocycles. The van der Waals surface area contributed by atoms with E-state index in [9.17, 15) is 9.59 Å². The predicted octanol–water partition coefficient (Wildman–Crippen LogP) is 2.97. The first-order valence-electron chi connectivity index (χ1n) is 7.03. The molecule has 1 aliphatic rings. The van der Waals surface area contributed by atoms with E-state index < -0.39 is 6.10 Å². The Balaban J connectivity index is 1.82. The molecule has 0 spiro atoms. The van der Waals surface area contributed by atoms with Crippen LogP contribution in [0.5, 0.6) is 5.75 Å². The van der Waals surface area contributed by atoms with Crippen molar-refractivity contribution in [2.24, 2.45) is 0 Å². The summed E-state index contributed by atoms with van der Waals surface area (Å²) in [5.41, 5.74) is 2.69. The van der Waals surface area contributed by atoms with Gasteiger partial charge in [-0.2, -0.15) is 0 Å². The Morgan fingerprint density at radius 1 is 1.23 bits per heavy atom. The van der Waals surface area contributed by atoms with Gasteiger partial charge in [-0.1, -0.05) is 18.2 Å². The molecule has 0 aromatic heterocycles. The lowest BCUT2D eigenvalue weighted by atomic mass is 10.1. The van der Waals surface area contributed by atoms with Crippen LogP contribution >= 0.6 is 0 Å². The summed E-state index contributed by atoms with van der Waals surface area (Å²) in [5.74, 6) is 0.213. The molecule has 2 aromatic rings. The fraction of sp³-hybridized carbons (Fsp3) is 0.176. The minimum atomic E-state index is -0.514. The second kappa shape index (κ2) is 5.52. The van der Waals surface area contributed by atoms with Crippen LogP contribution in [-0.2, 0) is 4.79 Å². The third-order valence-electron chi connectivity index (χ3n) is 3.56. The number of hydrogen-bond acceptors (Lipinski definition) is 3. The monoisotopic (exact) mass is 296 g/mol. The molecule has 112 valence electrons. The normalized spacial score (nSPS) is 16.3. The summed E-state index contributed by atoms with van der Waals surface area (Å²) in [6, 6.07) is 12.5. The molecule has 0 saturated carbocycles. The van der Waals surface area contributed by atoms with Gasteiger partial charge in [0.25, 0.3) is 11.8 Å². The van der Waals surface area contributed by atoms with Crippen molar-refractivity contribution in [2.75, 3.05) is 10.6 Å². The highest BCUT2D eigenvalue weighted by Crippen LogP contribution is 2.32. The summed E-state index contributed by atoms with van der Waals surface area (Å²) in [6.07, 6.45) is -0.514. The smallest absolute Gasteiger partial charge is 0.265 e. The van der Waals surface area contributed by atoms with Crippen molar-refractivity contribution in [1.82, 2.24) is 0 Å². The van der Waals surface area contributed by atoms with E-state index in [-0.39, 0.29) is 11.8 Å². The van der Waals surface area contributed by atoms with Crippen LogP contribution in [0.15, 0.2) is 42.5 Å². The number of nitrogens with one attached hydrogen (secondary N) is 2. The van der Waals surface area contributed by atoms with Gasteiger partial charge in [-0.15, -0.1) is 0 Å². The van der Waals surface area contributed by atoms with Gasteiger partial charge in [-0.05, 0) is 43.7 Å². The standard InChI is InChI=1S/C17H16N2O3/c1-10-5-3-4-6-13(10)17(21)18-12-7-8-15-14(9-12)19-16(20)11(2)22-15/h3-9,11H,1-2H3,(H,18,21)(H,19,20)/t11-/m1/s1. The average Bonchev–Trinajstić information content (AvgIpc) is 2.49. The molecular formula is C17H16N2O3. The maximum atomic E-state index is 12.3. The highest BCUT2D eigenvalue weighted by Gasteiger charge is 2.23. The number of anilines is 2. The van der Waals surface area contributed by atoms with Gasteiger partial charge in [-0.25, -0.2) is 0 Å². The van der Waals surface area contributed by atoms with Crippen molar-refractivity contribution in [2.45, 2.75) is 20.0 Å². The molecule has 5 nitrogen and oxygen atoms in total. The zero-order chi connectivity index (χ0) is 15.7. The third-order valence-corrected chi connectivity index (χ3v) is 3.56. The molecule has 0 fully saturated rings. The Labute approximate surface area is 128 Å². The zero-order valence-corrected chi connectivity index (χ0v) is 12.3. The molecule has 1 aliphatic heterocycles. The van der Waals surface area contributed by atoms with Crippen LogP contribution in [0.1, 0.15) is 22.8 Å². The zero-order valence-electron chi connectivity index (χ0n) is 12.3. The molecule has 2 amide bonds. The van der Waals surface area contributed by atoms with Gasteiger partial charge >= 0.3 is 0 Å². The van der Waals surface area contributed by atoms with Crippen LogP contribution in [0.2, 0.25) is 0 Å². The summed E-state index contributed by atoms with van der Waals surface area (Å²) in [5, 5.41) is 5.59. The van der Waals surface area contributed by atoms with Crippen LogP contribution in [-0.4, -0.2) is 17.9 Å². The Morgan fingerprint density at radius 3 is 2.77 bits per heavy atom. The van der Waals surface area contributed by atoms with Crippen molar-refractivity contribution < 1.29 is 14.3 Å².